The molecule has 152 valence electrons. The van der Waals surface area contributed by atoms with Crippen molar-refractivity contribution >= 4 is 17.9 Å². The number of benzene rings is 1. The molecule has 28 heavy (non-hydrogen) atoms. The fraction of sp³-hybridized carbons (Fsp3) is 0.550. The molecule has 0 aromatic heterocycles. The number of carbonyl (C=O) groups is 3. The summed E-state index contributed by atoms with van der Waals surface area (Å²) in [5.41, 5.74) is 0.121. The molecule has 0 radical (unpaired) electrons. The van der Waals surface area contributed by atoms with Gasteiger partial charge < -0.3 is 23.7 Å². The Bertz CT molecular complexity index is 725. The van der Waals surface area contributed by atoms with Gasteiger partial charge in [0.25, 0.3) is 0 Å². The fourth-order valence-electron chi connectivity index (χ4n) is 3.67. The highest BCUT2D eigenvalue weighted by Gasteiger charge is 2.66. The molecule has 3 rings (SSSR count). The van der Waals surface area contributed by atoms with Crippen LogP contribution in [0.2, 0.25) is 0 Å². The minimum Gasteiger partial charge on any atom is -0.455 e. The third kappa shape index (κ3) is 4.51. The maximum atomic E-state index is 11.6. The highest BCUT2D eigenvalue weighted by atomic mass is 16.8. The molecule has 8 heteroatoms. The predicted octanol–water partition coefficient (Wildman–Crippen LogP) is 1.89. The number of rotatable bonds is 6. The van der Waals surface area contributed by atoms with Crippen LogP contribution in [0.3, 0.4) is 0 Å². The lowest BCUT2D eigenvalue weighted by Gasteiger charge is -2.46. The Hall–Kier alpha value is -2.45. The van der Waals surface area contributed by atoms with Crippen molar-refractivity contribution in [2.24, 2.45) is 0 Å². The largest absolute Gasteiger partial charge is 0.455 e. The van der Waals surface area contributed by atoms with Crippen LogP contribution in [0.25, 0.3) is 0 Å². The van der Waals surface area contributed by atoms with Gasteiger partial charge in [0.1, 0.15) is 5.60 Å². The van der Waals surface area contributed by atoms with E-state index in [2.05, 4.69) is 0 Å². The van der Waals surface area contributed by atoms with Crippen molar-refractivity contribution in [2.45, 2.75) is 70.4 Å². The Labute approximate surface area is 163 Å². The first-order valence-corrected chi connectivity index (χ1v) is 9.14. The van der Waals surface area contributed by atoms with E-state index in [1.54, 1.807) is 0 Å². The van der Waals surface area contributed by atoms with Crippen LogP contribution in [-0.2, 0) is 44.7 Å². The van der Waals surface area contributed by atoms with Crippen LogP contribution in [0.4, 0.5) is 0 Å². The topological polar surface area (TPSA) is 97.4 Å². The average Bonchev–Trinajstić information content (AvgIpc) is 2.85. The lowest BCUT2D eigenvalue weighted by molar-refractivity contribution is -0.239. The summed E-state index contributed by atoms with van der Waals surface area (Å²) in [4.78, 5) is 34.6. The quantitative estimate of drug-likeness (QED) is 0.535. The molecule has 1 aliphatic heterocycles. The molecule has 1 spiro atoms. The summed E-state index contributed by atoms with van der Waals surface area (Å²) >= 11 is 0. The predicted molar refractivity (Wildman–Crippen MR) is 94.7 cm³/mol. The molecule has 1 aromatic carbocycles. The third-order valence-electron chi connectivity index (χ3n) is 4.79. The number of esters is 3. The SMILES string of the molecule is CC(=O)O[C@H]1OC2(CC(OCc3ccccc3)C2)[C@@H](OC(C)=O)[C@H]1OC(C)=O. The lowest BCUT2D eigenvalue weighted by Crippen LogP contribution is -2.57. The molecule has 2 fully saturated rings. The number of hydrogen-bond acceptors (Lipinski definition) is 8. The molecule has 3 atom stereocenters. The zero-order chi connectivity index (χ0) is 20.3. The van der Waals surface area contributed by atoms with Crippen molar-refractivity contribution in [3.63, 3.8) is 0 Å². The van der Waals surface area contributed by atoms with Crippen LogP contribution in [-0.4, -0.2) is 48.1 Å². The Morgan fingerprint density at radius 1 is 0.964 bits per heavy atom. The molecular weight excluding hydrogens is 368 g/mol. The van der Waals surface area contributed by atoms with Gasteiger partial charge in [-0.2, -0.15) is 0 Å². The smallest absolute Gasteiger partial charge is 0.305 e. The zero-order valence-corrected chi connectivity index (χ0v) is 16.1. The normalized spacial score (nSPS) is 31.1. The summed E-state index contributed by atoms with van der Waals surface area (Å²) in [5, 5.41) is 0. The Morgan fingerprint density at radius 2 is 1.57 bits per heavy atom. The van der Waals surface area contributed by atoms with Crippen molar-refractivity contribution in [3.8, 4) is 0 Å². The summed E-state index contributed by atoms with van der Waals surface area (Å²) in [6.45, 7) is 4.17. The van der Waals surface area contributed by atoms with Crippen molar-refractivity contribution in [2.75, 3.05) is 0 Å². The molecule has 1 heterocycles. The van der Waals surface area contributed by atoms with Gasteiger partial charge in [-0.05, 0) is 5.56 Å². The second-order valence-electron chi connectivity index (χ2n) is 7.09. The highest BCUT2D eigenvalue weighted by Crippen LogP contribution is 2.50. The molecular formula is C20H24O8. The van der Waals surface area contributed by atoms with Gasteiger partial charge in [-0.1, -0.05) is 30.3 Å². The van der Waals surface area contributed by atoms with Crippen LogP contribution >= 0.6 is 0 Å². The van der Waals surface area contributed by atoms with Crippen LogP contribution in [0, 0.1) is 0 Å². The van der Waals surface area contributed by atoms with E-state index >= 15 is 0 Å². The van der Waals surface area contributed by atoms with E-state index in [-0.39, 0.29) is 6.10 Å². The molecule has 2 aliphatic rings. The molecule has 0 unspecified atom stereocenters. The maximum absolute atomic E-state index is 11.6. The van der Waals surface area contributed by atoms with Crippen molar-refractivity contribution in [1.82, 2.24) is 0 Å². The van der Waals surface area contributed by atoms with E-state index in [0.717, 1.165) is 5.56 Å². The van der Waals surface area contributed by atoms with Gasteiger partial charge in [0.2, 0.25) is 12.4 Å². The van der Waals surface area contributed by atoms with Crippen LogP contribution < -0.4 is 0 Å². The van der Waals surface area contributed by atoms with Crippen LogP contribution in [0.15, 0.2) is 30.3 Å². The second kappa shape index (κ2) is 8.28. The molecule has 1 saturated carbocycles. The summed E-state index contributed by atoms with van der Waals surface area (Å²) in [7, 11) is 0. The number of carbonyl (C=O) groups excluding carboxylic acids is 3. The van der Waals surface area contributed by atoms with Gasteiger partial charge in [-0.3, -0.25) is 14.4 Å². The summed E-state index contributed by atoms with van der Waals surface area (Å²) < 4.78 is 27.7. The second-order valence-corrected chi connectivity index (χ2v) is 7.09. The van der Waals surface area contributed by atoms with Crippen LogP contribution in [0.5, 0.6) is 0 Å². The van der Waals surface area contributed by atoms with E-state index < -0.39 is 42.0 Å². The standard InChI is InChI=1S/C20H24O8/c1-12(21)25-17-18(26-13(2)22)20(28-19(17)27-14(3)23)9-16(10-20)24-11-15-7-5-4-6-8-15/h4-8,16-19H,9-11H2,1-3H3/t16?,17-,18+,19+,20?/m1/s1. The fourth-order valence-corrected chi connectivity index (χ4v) is 3.67. The first-order valence-electron chi connectivity index (χ1n) is 9.14. The maximum Gasteiger partial charge on any atom is 0.305 e. The molecule has 1 saturated heterocycles. The van der Waals surface area contributed by atoms with Gasteiger partial charge in [0.05, 0.1) is 12.7 Å². The molecule has 8 nitrogen and oxygen atoms in total. The highest BCUT2D eigenvalue weighted by molar-refractivity contribution is 5.68. The van der Waals surface area contributed by atoms with Crippen molar-refractivity contribution < 1.29 is 38.1 Å². The van der Waals surface area contributed by atoms with E-state index in [1.807, 2.05) is 30.3 Å². The summed E-state index contributed by atoms with van der Waals surface area (Å²) in [5.74, 6) is -1.71. The molecule has 1 aliphatic carbocycles. The minimum atomic E-state index is -1.14. The van der Waals surface area contributed by atoms with Crippen molar-refractivity contribution in [1.29, 1.82) is 0 Å². The minimum absolute atomic E-state index is 0.118. The van der Waals surface area contributed by atoms with Crippen molar-refractivity contribution in [3.05, 3.63) is 35.9 Å². The first-order chi connectivity index (χ1) is 13.3. The Kier molecular flexibility index (Phi) is 6.00. The van der Waals surface area contributed by atoms with Gasteiger partial charge in [0, 0.05) is 33.6 Å². The Morgan fingerprint density at radius 3 is 2.14 bits per heavy atom. The number of hydrogen-bond donors (Lipinski definition) is 0. The molecule has 1 aromatic rings. The molecule has 0 N–H and O–H groups in total. The van der Waals surface area contributed by atoms with E-state index in [4.69, 9.17) is 23.7 Å². The Balaban J connectivity index is 1.70. The van der Waals surface area contributed by atoms with Gasteiger partial charge >= 0.3 is 17.9 Å². The van der Waals surface area contributed by atoms with Gasteiger partial charge in [-0.25, -0.2) is 0 Å². The van der Waals surface area contributed by atoms with Gasteiger partial charge in [-0.15, -0.1) is 0 Å². The van der Waals surface area contributed by atoms with Gasteiger partial charge in [0.15, 0.2) is 6.10 Å². The molecule has 0 bridgehead atoms. The first kappa shape index (κ1) is 20.3. The number of ether oxygens (including phenoxy) is 5. The van der Waals surface area contributed by atoms with E-state index in [0.29, 0.717) is 19.4 Å². The van der Waals surface area contributed by atoms with Crippen LogP contribution in [0.1, 0.15) is 39.2 Å². The lowest BCUT2D eigenvalue weighted by atomic mass is 9.73. The zero-order valence-electron chi connectivity index (χ0n) is 16.1. The molecule has 0 amide bonds. The summed E-state index contributed by atoms with van der Waals surface area (Å²) in [6.07, 6.45) is -2.32. The summed E-state index contributed by atoms with van der Waals surface area (Å²) in [6, 6.07) is 9.74. The van der Waals surface area contributed by atoms with E-state index in [1.165, 1.54) is 20.8 Å². The average molecular weight is 392 g/mol. The van der Waals surface area contributed by atoms with E-state index in [9.17, 15) is 14.4 Å². The third-order valence-corrected chi connectivity index (χ3v) is 4.79. The monoisotopic (exact) mass is 392 g/mol.